The zero-order valence-corrected chi connectivity index (χ0v) is 21.5. The van der Waals surface area contributed by atoms with Crippen molar-refractivity contribution in [1.29, 1.82) is 0 Å². The summed E-state index contributed by atoms with van der Waals surface area (Å²) in [6.45, 7) is 5.49. The quantitative estimate of drug-likeness (QED) is 0.346. The Kier molecular flexibility index (Phi) is 5.43. The number of methoxy groups -OCH3 is 1. The smallest absolute Gasteiger partial charge is 0.234 e. The van der Waals surface area contributed by atoms with Crippen LogP contribution >= 0.6 is 15.9 Å². The predicted octanol–water partition coefficient (Wildman–Crippen LogP) is 3.96. The third kappa shape index (κ3) is 3.37. The summed E-state index contributed by atoms with van der Waals surface area (Å²) in [5.41, 5.74) is 1.19. The van der Waals surface area contributed by atoms with Gasteiger partial charge in [0, 0.05) is 34.2 Å². The van der Waals surface area contributed by atoms with Crippen LogP contribution in [0.2, 0.25) is 0 Å². The van der Waals surface area contributed by atoms with Gasteiger partial charge in [-0.05, 0) is 61.5 Å². The molecule has 7 nitrogen and oxygen atoms in total. The molecule has 0 aromatic heterocycles. The number of halogens is 1. The molecule has 1 aromatic rings. The molecule has 0 spiro atoms. The number of imide groups is 1. The lowest BCUT2D eigenvalue weighted by molar-refractivity contribution is -0.145. The van der Waals surface area contributed by atoms with Gasteiger partial charge in [-0.25, -0.2) is 0 Å². The Morgan fingerprint density at radius 3 is 2.46 bits per heavy atom. The average Bonchev–Trinajstić information content (AvgIpc) is 3.06. The molecule has 1 aliphatic heterocycles. The molecule has 4 atom stereocenters. The van der Waals surface area contributed by atoms with Gasteiger partial charge in [0.2, 0.25) is 11.8 Å². The fraction of sp³-hybridized carbons (Fsp3) is 0.407. The number of aromatic hydroxyl groups is 1. The summed E-state index contributed by atoms with van der Waals surface area (Å²) in [4.78, 5) is 54.8. The van der Waals surface area contributed by atoms with E-state index in [9.17, 15) is 24.3 Å². The van der Waals surface area contributed by atoms with Crippen LogP contribution in [-0.2, 0) is 19.2 Å². The van der Waals surface area contributed by atoms with Crippen LogP contribution in [0, 0.1) is 17.8 Å². The molecular formula is C27H26BrNO6. The summed E-state index contributed by atoms with van der Waals surface area (Å²) in [5.74, 6) is -3.23. The monoisotopic (exact) mass is 539 g/mol. The van der Waals surface area contributed by atoms with Crippen molar-refractivity contribution in [2.24, 2.45) is 17.8 Å². The molecule has 1 saturated heterocycles. The van der Waals surface area contributed by atoms with Crippen molar-refractivity contribution in [3.05, 3.63) is 57.1 Å². The molecule has 3 aliphatic carbocycles. The number of carbonyl (C=O) groups excluding carboxylic acids is 4. The number of Topliss-reactive ketones (excluding diaryl/α,β-unsaturated/α-hetero) is 1. The Morgan fingerprint density at radius 1 is 1.09 bits per heavy atom. The van der Waals surface area contributed by atoms with Crippen LogP contribution in [0.25, 0.3) is 0 Å². The maximum Gasteiger partial charge on any atom is 0.234 e. The third-order valence-electron chi connectivity index (χ3n) is 7.56. The van der Waals surface area contributed by atoms with E-state index in [1.807, 2.05) is 26.8 Å². The van der Waals surface area contributed by atoms with E-state index < -0.39 is 29.2 Å². The van der Waals surface area contributed by atoms with Gasteiger partial charge in [0.05, 0.1) is 23.4 Å². The molecule has 1 heterocycles. The van der Waals surface area contributed by atoms with Crippen LogP contribution in [0.15, 0.2) is 51.6 Å². The highest BCUT2D eigenvalue weighted by atomic mass is 79.9. The number of amides is 2. The molecule has 1 aromatic carbocycles. The van der Waals surface area contributed by atoms with Gasteiger partial charge in [0.25, 0.3) is 0 Å². The highest BCUT2D eigenvalue weighted by Gasteiger charge is 2.58. The molecule has 2 amide bonds. The van der Waals surface area contributed by atoms with Crippen LogP contribution in [-0.4, -0.2) is 46.0 Å². The van der Waals surface area contributed by atoms with E-state index in [4.69, 9.17) is 4.74 Å². The number of rotatable bonds is 2. The van der Waals surface area contributed by atoms with Crippen molar-refractivity contribution in [3.8, 4) is 11.5 Å². The van der Waals surface area contributed by atoms with Gasteiger partial charge in [0.15, 0.2) is 23.1 Å². The molecule has 182 valence electrons. The Balaban J connectivity index is 1.71. The molecule has 4 aliphatic rings. The van der Waals surface area contributed by atoms with E-state index >= 15 is 0 Å². The number of ketones is 2. The molecule has 0 saturated carbocycles. The van der Waals surface area contributed by atoms with E-state index in [2.05, 4.69) is 15.9 Å². The largest absolute Gasteiger partial charge is 0.504 e. The zero-order valence-electron chi connectivity index (χ0n) is 19.9. The van der Waals surface area contributed by atoms with E-state index in [0.717, 1.165) is 5.57 Å². The number of hydrogen-bond donors (Lipinski definition) is 1. The van der Waals surface area contributed by atoms with Crippen LogP contribution in [0.5, 0.6) is 11.5 Å². The minimum Gasteiger partial charge on any atom is -0.504 e. The molecule has 1 N–H and O–H groups in total. The van der Waals surface area contributed by atoms with Gasteiger partial charge in [-0.2, -0.15) is 0 Å². The van der Waals surface area contributed by atoms with E-state index in [1.165, 1.54) is 18.1 Å². The second-order valence-electron chi connectivity index (χ2n) is 10.5. The highest BCUT2D eigenvalue weighted by Crippen LogP contribution is 2.57. The number of hydrogen-bond acceptors (Lipinski definition) is 6. The summed E-state index contributed by atoms with van der Waals surface area (Å²) >= 11 is 3.21. The summed E-state index contributed by atoms with van der Waals surface area (Å²) < 4.78 is 5.47. The fourth-order valence-electron chi connectivity index (χ4n) is 6.16. The number of nitrogens with zero attached hydrogens (tertiary/aromatic N) is 1. The standard InChI is InChI=1S/C27H26BrNO6/c1-27(2,3)29-25(33)14-9-8-12-15(21(14)26(29)34)10-16-22(18(30)11-17(28)23(16)31)20(12)13-6-5-7-19(35-4)24(13)32/h5-8,11,14-15,20-21,32H,9-10H2,1-4H3. The molecule has 35 heavy (non-hydrogen) atoms. The number of likely N-dealkylation sites (tertiary alicyclic amines) is 1. The maximum absolute atomic E-state index is 13.7. The van der Waals surface area contributed by atoms with Gasteiger partial charge in [0.1, 0.15) is 0 Å². The van der Waals surface area contributed by atoms with E-state index in [-0.39, 0.29) is 45.8 Å². The topological polar surface area (TPSA) is 101 Å². The molecule has 4 unspecified atom stereocenters. The SMILES string of the molecule is COc1cccc(C2C3=CCC4C(=O)N(C(C)(C)C)C(=O)C4C3CC3=C2C(=O)C=C(Br)C3=O)c1O. The van der Waals surface area contributed by atoms with Gasteiger partial charge < -0.3 is 9.84 Å². The Morgan fingerprint density at radius 2 is 1.80 bits per heavy atom. The number of allylic oxidation sites excluding steroid dienone is 6. The van der Waals surface area contributed by atoms with Crippen molar-refractivity contribution in [1.82, 2.24) is 4.90 Å². The number of ether oxygens (including phenoxy) is 1. The molecular weight excluding hydrogens is 514 g/mol. The zero-order chi connectivity index (χ0) is 25.4. The second-order valence-corrected chi connectivity index (χ2v) is 11.3. The minimum absolute atomic E-state index is 0.116. The first kappa shape index (κ1) is 23.7. The number of fused-ring (bicyclic) bond motifs is 3. The lowest BCUT2D eigenvalue weighted by Gasteiger charge is -2.42. The summed E-state index contributed by atoms with van der Waals surface area (Å²) in [5, 5.41) is 11.0. The van der Waals surface area contributed by atoms with Crippen LogP contribution in [0.3, 0.4) is 0 Å². The second kappa shape index (κ2) is 8.01. The highest BCUT2D eigenvalue weighted by molar-refractivity contribution is 9.12. The van der Waals surface area contributed by atoms with Gasteiger partial charge in [-0.1, -0.05) is 23.8 Å². The number of benzene rings is 1. The van der Waals surface area contributed by atoms with Crippen molar-refractivity contribution < 1.29 is 29.0 Å². The normalized spacial score (nSPS) is 28.4. The predicted molar refractivity (Wildman–Crippen MR) is 131 cm³/mol. The minimum atomic E-state index is -0.723. The Hall–Kier alpha value is -3.00. The number of phenols is 1. The van der Waals surface area contributed by atoms with E-state index in [1.54, 1.807) is 18.2 Å². The third-order valence-corrected chi connectivity index (χ3v) is 8.15. The van der Waals surface area contributed by atoms with Crippen LogP contribution in [0.4, 0.5) is 0 Å². The summed E-state index contributed by atoms with van der Waals surface area (Å²) in [6.07, 6.45) is 3.75. The lowest BCUT2D eigenvalue weighted by atomic mass is 9.59. The first-order chi connectivity index (χ1) is 16.5. The molecule has 0 bridgehead atoms. The Bertz CT molecular complexity index is 1300. The van der Waals surface area contributed by atoms with Gasteiger partial charge in [-0.15, -0.1) is 0 Å². The van der Waals surface area contributed by atoms with Crippen LogP contribution < -0.4 is 4.74 Å². The Labute approximate surface area is 211 Å². The lowest BCUT2D eigenvalue weighted by Crippen LogP contribution is -2.46. The molecule has 1 fully saturated rings. The maximum atomic E-state index is 13.7. The van der Waals surface area contributed by atoms with Crippen LogP contribution in [0.1, 0.15) is 45.1 Å². The average molecular weight is 540 g/mol. The molecule has 8 heteroatoms. The molecule has 5 rings (SSSR count). The van der Waals surface area contributed by atoms with Gasteiger partial charge in [-0.3, -0.25) is 24.1 Å². The number of carbonyl (C=O) groups is 4. The number of phenolic OH excluding ortho intramolecular Hbond substituents is 1. The van der Waals surface area contributed by atoms with Gasteiger partial charge >= 0.3 is 0 Å². The first-order valence-electron chi connectivity index (χ1n) is 11.6. The number of para-hydroxylation sites is 1. The van der Waals surface area contributed by atoms with Crippen molar-refractivity contribution >= 4 is 39.3 Å². The fourth-order valence-corrected chi connectivity index (χ4v) is 6.61. The first-order valence-corrected chi connectivity index (χ1v) is 12.4. The van der Waals surface area contributed by atoms with Crippen molar-refractivity contribution in [3.63, 3.8) is 0 Å². The molecule has 0 radical (unpaired) electrons. The van der Waals surface area contributed by atoms with Crippen molar-refractivity contribution in [2.75, 3.05) is 7.11 Å². The van der Waals surface area contributed by atoms with E-state index in [0.29, 0.717) is 23.1 Å². The van der Waals surface area contributed by atoms with Crippen molar-refractivity contribution in [2.45, 2.75) is 45.1 Å². The summed E-state index contributed by atoms with van der Waals surface area (Å²) in [6, 6.07) is 5.04. The summed E-state index contributed by atoms with van der Waals surface area (Å²) in [7, 11) is 1.44.